The van der Waals surface area contributed by atoms with Crippen LogP contribution in [0, 0.1) is 5.92 Å². The minimum Gasteiger partial charge on any atom is -0.497 e. The van der Waals surface area contributed by atoms with E-state index in [1.54, 1.807) is 13.3 Å². The fourth-order valence-electron chi connectivity index (χ4n) is 3.12. The first kappa shape index (κ1) is 17.3. The van der Waals surface area contributed by atoms with Gasteiger partial charge in [0.1, 0.15) is 17.6 Å². The molecule has 1 saturated heterocycles. The van der Waals surface area contributed by atoms with Gasteiger partial charge < -0.3 is 14.4 Å². The second kappa shape index (κ2) is 8.05. The van der Waals surface area contributed by atoms with Crippen LogP contribution in [0.2, 0.25) is 0 Å². The molecule has 25 heavy (non-hydrogen) atoms. The molecule has 0 unspecified atom stereocenters. The fourth-order valence-corrected chi connectivity index (χ4v) is 3.12. The van der Waals surface area contributed by atoms with Gasteiger partial charge in [-0.25, -0.2) is 0 Å². The van der Waals surface area contributed by atoms with Crippen molar-refractivity contribution in [3.8, 4) is 11.5 Å². The summed E-state index contributed by atoms with van der Waals surface area (Å²) in [5.41, 5.74) is 0. The number of likely N-dealkylation sites (tertiary alicyclic amines) is 1. The zero-order valence-corrected chi connectivity index (χ0v) is 14.8. The largest absolute Gasteiger partial charge is 0.497 e. The van der Waals surface area contributed by atoms with E-state index in [-0.39, 0.29) is 17.9 Å². The van der Waals surface area contributed by atoms with Crippen LogP contribution in [-0.4, -0.2) is 46.9 Å². The van der Waals surface area contributed by atoms with Crippen molar-refractivity contribution in [2.75, 3.05) is 20.2 Å². The number of methoxy groups -OCH3 is 1. The molecule has 1 aliphatic rings. The average molecular weight is 343 g/mol. The van der Waals surface area contributed by atoms with E-state index in [1.807, 2.05) is 53.0 Å². The van der Waals surface area contributed by atoms with Gasteiger partial charge in [0.2, 0.25) is 5.91 Å². The van der Waals surface area contributed by atoms with E-state index in [2.05, 4.69) is 5.10 Å². The lowest BCUT2D eigenvalue weighted by Crippen LogP contribution is -2.44. The molecule has 1 aromatic heterocycles. The number of hydrogen-bond acceptors (Lipinski definition) is 4. The third kappa shape index (κ3) is 4.53. The van der Waals surface area contributed by atoms with Gasteiger partial charge in [0, 0.05) is 38.3 Å². The number of piperidine rings is 1. The summed E-state index contributed by atoms with van der Waals surface area (Å²) in [5.74, 6) is 1.79. The van der Waals surface area contributed by atoms with Crippen molar-refractivity contribution in [1.29, 1.82) is 0 Å². The Kier molecular flexibility index (Phi) is 5.58. The van der Waals surface area contributed by atoms with Gasteiger partial charge >= 0.3 is 0 Å². The monoisotopic (exact) mass is 343 g/mol. The highest BCUT2D eigenvalue weighted by Gasteiger charge is 2.27. The van der Waals surface area contributed by atoms with Crippen molar-refractivity contribution in [2.45, 2.75) is 32.4 Å². The number of hydrogen-bond donors (Lipinski definition) is 0. The Balaban J connectivity index is 1.46. The number of nitrogens with zero attached hydrogens (tertiary/aromatic N) is 3. The maximum absolute atomic E-state index is 12.6. The van der Waals surface area contributed by atoms with Crippen LogP contribution in [0.15, 0.2) is 42.7 Å². The highest BCUT2D eigenvalue weighted by molar-refractivity contribution is 5.78. The molecular formula is C19H25N3O3. The number of benzene rings is 1. The predicted octanol–water partition coefficient (Wildman–Crippen LogP) is 2.60. The van der Waals surface area contributed by atoms with Crippen molar-refractivity contribution in [3.05, 3.63) is 42.7 Å². The molecule has 0 aliphatic carbocycles. The number of ether oxygens (including phenoxy) is 2. The molecule has 0 radical (unpaired) electrons. The summed E-state index contributed by atoms with van der Waals surface area (Å²) in [7, 11) is 1.65. The number of rotatable bonds is 6. The van der Waals surface area contributed by atoms with Crippen LogP contribution in [-0.2, 0) is 11.3 Å². The summed E-state index contributed by atoms with van der Waals surface area (Å²) in [6, 6.07) is 9.50. The van der Waals surface area contributed by atoms with E-state index in [9.17, 15) is 4.79 Å². The van der Waals surface area contributed by atoms with Crippen LogP contribution in [0.4, 0.5) is 0 Å². The molecule has 0 bridgehead atoms. The Morgan fingerprint density at radius 3 is 2.52 bits per heavy atom. The lowest BCUT2D eigenvalue weighted by molar-refractivity contribution is -0.137. The van der Waals surface area contributed by atoms with Crippen molar-refractivity contribution < 1.29 is 14.3 Å². The lowest BCUT2D eigenvalue weighted by Gasteiger charge is -2.33. The molecule has 1 aliphatic heterocycles. The molecule has 1 atom stereocenters. The van der Waals surface area contributed by atoms with Gasteiger partial charge in [0.15, 0.2) is 0 Å². The summed E-state index contributed by atoms with van der Waals surface area (Å²) in [5, 5.41) is 4.17. The van der Waals surface area contributed by atoms with Gasteiger partial charge in [-0.2, -0.15) is 5.10 Å². The highest BCUT2D eigenvalue weighted by atomic mass is 16.5. The Labute approximate surface area is 148 Å². The number of aromatic nitrogens is 2. The molecule has 6 heteroatoms. The number of carbonyl (C=O) groups is 1. The third-order valence-electron chi connectivity index (χ3n) is 4.56. The fraction of sp³-hybridized carbons (Fsp3) is 0.474. The van der Waals surface area contributed by atoms with Crippen LogP contribution in [0.25, 0.3) is 0 Å². The molecule has 2 aromatic rings. The molecule has 1 amide bonds. The van der Waals surface area contributed by atoms with Crippen LogP contribution in [0.3, 0.4) is 0 Å². The van der Waals surface area contributed by atoms with E-state index >= 15 is 0 Å². The smallest absolute Gasteiger partial charge is 0.227 e. The predicted molar refractivity (Wildman–Crippen MR) is 94.6 cm³/mol. The first-order chi connectivity index (χ1) is 12.2. The zero-order chi connectivity index (χ0) is 17.6. The van der Waals surface area contributed by atoms with Crippen LogP contribution in [0.1, 0.15) is 19.8 Å². The molecular weight excluding hydrogens is 318 g/mol. The standard InChI is InChI=1S/C19H25N3O3/c1-15(14-22-11-3-10-20-22)19(23)21-12-8-18(9-13-21)25-17-6-4-16(24-2)5-7-17/h3-7,10-11,15,18H,8-9,12-14H2,1-2H3/t15-/m0/s1. The minimum absolute atomic E-state index is 0.0704. The SMILES string of the molecule is COc1ccc(OC2CCN(C(=O)[C@@H](C)Cn3cccn3)CC2)cc1. The molecule has 1 fully saturated rings. The molecule has 0 saturated carbocycles. The molecule has 1 aromatic carbocycles. The summed E-state index contributed by atoms with van der Waals surface area (Å²) in [6.45, 7) is 4.06. The Bertz CT molecular complexity index is 662. The summed E-state index contributed by atoms with van der Waals surface area (Å²) >= 11 is 0. The maximum atomic E-state index is 12.6. The Hall–Kier alpha value is -2.50. The Morgan fingerprint density at radius 1 is 1.24 bits per heavy atom. The molecule has 0 spiro atoms. The number of amides is 1. The third-order valence-corrected chi connectivity index (χ3v) is 4.56. The molecule has 0 N–H and O–H groups in total. The average Bonchev–Trinajstić information content (AvgIpc) is 3.15. The van der Waals surface area contributed by atoms with Crippen LogP contribution >= 0.6 is 0 Å². The highest BCUT2D eigenvalue weighted by Crippen LogP contribution is 2.22. The molecule has 3 rings (SSSR count). The van der Waals surface area contributed by atoms with Gasteiger partial charge in [0.05, 0.1) is 19.6 Å². The van der Waals surface area contributed by atoms with Gasteiger partial charge in [-0.15, -0.1) is 0 Å². The molecule has 2 heterocycles. The van der Waals surface area contributed by atoms with E-state index in [4.69, 9.17) is 9.47 Å². The number of carbonyl (C=O) groups excluding carboxylic acids is 1. The maximum Gasteiger partial charge on any atom is 0.227 e. The Morgan fingerprint density at radius 2 is 1.92 bits per heavy atom. The summed E-state index contributed by atoms with van der Waals surface area (Å²) in [6.07, 6.45) is 5.48. The van der Waals surface area contributed by atoms with Crippen LogP contribution < -0.4 is 9.47 Å². The van der Waals surface area contributed by atoms with E-state index in [0.717, 1.165) is 37.4 Å². The first-order valence-corrected chi connectivity index (χ1v) is 8.72. The minimum atomic E-state index is -0.0704. The van der Waals surface area contributed by atoms with Gasteiger partial charge in [-0.05, 0) is 30.3 Å². The first-order valence-electron chi connectivity index (χ1n) is 8.72. The normalized spacial score (nSPS) is 16.5. The summed E-state index contributed by atoms with van der Waals surface area (Å²) in [4.78, 5) is 14.5. The zero-order valence-electron chi connectivity index (χ0n) is 14.8. The van der Waals surface area contributed by atoms with E-state index in [0.29, 0.717) is 6.54 Å². The topological polar surface area (TPSA) is 56.6 Å². The van der Waals surface area contributed by atoms with Crippen molar-refractivity contribution in [2.24, 2.45) is 5.92 Å². The van der Waals surface area contributed by atoms with E-state index in [1.165, 1.54) is 0 Å². The van der Waals surface area contributed by atoms with E-state index < -0.39 is 0 Å². The second-order valence-corrected chi connectivity index (χ2v) is 6.45. The quantitative estimate of drug-likeness (QED) is 0.809. The summed E-state index contributed by atoms with van der Waals surface area (Å²) < 4.78 is 13.0. The lowest BCUT2D eigenvalue weighted by atomic mass is 10.0. The van der Waals surface area contributed by atoms with Crippen molar-refractivity contribution >= 4 is 5.91 Å². The van der Waals surface area contributed by atoms with Crippen molar-refractivity contribution in [1.82, 2.24) is 14.7 Å². The second-order valence-electron chi connectivity index (χ2n) is 6.45. The van der Waals surface area contributed by atoms with Gasteiger partial charge in [-0.3, -0.25) is 9.48 Å². The van der Waals surface area contributed by atoms with Crippen LogP contribution in [0.5, 0.6) is 11.5 Å². The molecule has 6 nitrogen and oxygen atoms in total. The van der Waals surface area contributed by atoms with Gasteiger partial charge in [-0.1, -0.05) is 6.92 Å². The van der Waals surface area contributed by atoms with Gasteiger partial charge in [0.25, 0.3) is 0 Å². The molecule has 134 valence electrons. The van der Waals surface area contributed by atoms with Crippen molar-refractivity contribution in [3.63, 3.8) is 0 Å².